The number of nitrogen functional groups attached to an aromatic ring is 3. The van der Waals surface area contributed by atoms with Crippen LogP contribution in [0.15, 0.2) is 6.33 Å². The highest BCUT2D eigenvalue weighted by molar-refractivity contribution is 6.37. The van der Waals surface area contributed by atoms with Gasteiger partial charge in [-0.1, -0.05) is 61.3 Å². The number of rotatable bonds is 1. The third-order valence-corrected chi connectivity index (χ3v) is 4.99. The van der Waals surface area contributed by atoms with E-state index in [-0.39, 0.29) is 70.7 Å². The number of nitrogens with one attached hydrogen (secondary N) is 1. The molecule has 0 bridgehead atoms. The second-order valence-electron chi connectivity index (χ2n) is 7.14. The van der Waals surface area contributed by atoms with Gasteiger partial charge < -0.3 is 38.6 Å². The highest BCUT2D eigenvalue weighted by Gasteiger charge is 2.05. The molecule has 16 nitrogen and oxygen atoms in total. The van der Waals surface area contributed by atoms with E-state index in [2.05, 4.69) is 39.9 Å². The number of hydrogen-bond donors (Lipinski definition) is 5. The molecule has 0 atom stereocenters. The molecule has 4 heterocycles. The van der Waals surface area contributed by atoms with Gasteiger partial charge in [0.2, 0.25) is 0 Å². The number of aromatic nitrogens is 8. The van der Waals surface area contributed by atoms with E-state index in [9.17, 15) is 9.59 Å². The smallest absolute Gasteiger partial charge is 0.195 e. The van der Waals surface area contributed by atoms with Crippen LogP contribution in [0.2, 0.25) is 20.6 Å². The maximum Gasteiger partial charge on any atom is 0.195 e. The van der Waals surface area contributed by atoms with Gasteiger partial charge in [-0.25, -0.2) is 34.9 Å². The van der Waals surface area contributed by atoms with E-state index in [0.717, 1.165) is 6.29 Å². The highest BCUT2D eigenvalue weighted by atomic mass is 35.5. The molecule has 0 unspecified atom stereocenters. The molecule has 0 aliphatic carbocycles. The van der Waals surface area contributed by atoms with Crippen LogP contribution in [0.5, 0.6) is 0 Å². The van der Waals surface area contributed by atoms with E-state index in [1.807, 2.05) is 0 Å². The predicted molar refractivity (Wildman–Crippen MR) is 178 cm³/mol. The zero-order valence-corrected chi connectivity index (χ0v) is 26.5. The van der Waals surface area contributed by atoms with Crippen molar-refractivity contribution in [1.29, 1.82) is 0 Å². The Labute approximate surface area is 275 Å². The molecule has 4 aromatic rings. The maximum absolute atomic E-state index is 9.79. The molecule has 4 rings (SSSR count). The Kier molecular flexibility index (Phi) is 27.9. The summed E-state index contributed by atoms with van der Waals surface area (Å²) in [6.07, 6.45) is 2.30. The molecule has 0 radical (unpaired) electrons. The molecular weight excluding hydrogens is 662 g/mol. The number of carbonyl (C=O) groups excluding carboxylic acids is 3. The number of nitrogens with zero attached hydrogens (tertiary/aromatic N) is 7. The zero-order chi connectivity index (χ0) is 31.2. The molecule has 4 aromatic heterocycles. The quantitative estimate of drug-likeness (QED) is 0.103. The fourth-order valence-corrected chi connectivity index (χ4v) is 2.93. The van der Waals surface area contributed by atoms with Crippen molar-refractivity contribution < 1.29 is 19.9 Å². The van der Waals surface area contributed by atoms with Gasteiger partial charge in [0, 0.05) is 13.8 Å². The van der Waals surface area contributed by atoms with E-state index >= 15 is 0 Å². The number of fused-ring (bicyclic) bond motifs is 1. The van der Waals surface area contributed by atoms with E-state index in [1.165, 1.54) is 20.8 Å². The summed E-state index contributed by atoms with van der Waals surface area (Å²) in [7, 11) is 0. The summed E-state index contributed by atoms with van der Waals surface area (Å²) in [4.78, 5) is 58.3. The standard InChI is InChI=1S/C6H5ClN4.C5H5Cl2N3.C5H7ClN4.C4H6O2.C2H4O.2CH4.H3N.H2O/c1-3-10-5(7)4-6(11-3)9-2-8-4;1-2-9-4(6)3(8)5(7)10-2;1-2-9-4(6)3(7)5(8)10-2;1-3(5)4(2)6;1-2-3;;;;/h2H,1H3,(H,8,9,10,11);8H2,1H3;7H2,1H3,(H2,8,9,10);1-2H3;2H,1H3;2*1H4;1H3;1H2. The molecule has 0 aliphatic heterocycles. The Hall–Kier alpha value is -3.80. The third-order valence-electron chi connectivity index (χ3n) is 3.85. The van der Waals surface area contributed by atoms with Crippen LogP contribution in [-0.4, -0.2) is 63.2 Å². The van der Waals surface area contributed by atoms with E-state index in [1.54, 1.807) is 27.1 Å². The summed E-state index contributed by atoms with van der Waals surface area (Å²) in [5.41, 5.74) is 17.9. The van der Waals surface area contributed by atoms with Gasteiger partial charge in [-0.2, -0.15) is 0 Å². The van der Waals surface area contributed by atoms with Crippen LogP contribution in [0.1, 0.15) is 53.1 Å². The second kappa shape index (κ2) is 24.6. The number of H-pyrrole nitrogens is 1. The van der Waals surface area contributed by atoms with Crippen LogP contribution in [0.4, 0.5) is 17.2 Å². The van der Waals surface area contributed by atoms with Crippen molar-refractivity contribution in [3.63, 3.8) is 0 Å². The monoisotopic (exact) mass is 700 g/mol. The predicted octanol–water partition coefficient (Wildman–Crippen LogP) is 4.57. The molecule has 248 valence electrons. The molecule has 12 N–H and O–H groups in total. The molecule has 44 heavy (non-hydrogen) atoms. The van der Waals surface area contributed by atoms with Gasteiger partial charge in [0.15, 0.2) is 43.6 Å². The van der Waals surface area contributed by atoms with Gasteiger partial charge in [-0.05, 0) is 27.7 Å². The van der Waals surface area contributed by atoms with Gasteiger partial charge in [0.05, 0.1) is 6.33 Å². The first-order chi connectivity index (χ1) is 18.5. The molecule has 0 aliphatic rings. The zero-order valence-electron chi connectivity index (χ0n) is 23.5. The number of carbonyl (C=O) groups is 3. The highest BCUT2D eigenvalue weighted by Crippen LogP contribution is 2.22. The van der Waals surface area contributed by atoms with Gasteiger partial charge in [-0.3, -0.25) is 9.59 Å². The van der Waals surface area contributed by atoms with Crippen molar-refractivity contribution >= 4 is 92.6 Å². The summed E-state index contributed by atoms with van der Waals surface area (Å²) in [5.74, 6) is 1.15. The average Bonchev–Trinajstić information content (AvgIpc) is 3.31. The van der Waals surface area contributed by atoms with Crippen LogP contribution >= 0.6 is 46.4 Å². The summed E-state index contributed by atoms with van der Waals surface area (Å²) < 4.78 is 0. The largest absolute Gasteiger partial charge is 0.412 e. The lowest BCUT2D eigenvalue weighted by Crippen LogP contribution is -2.02. The minimum absolute atomic E-state index is 0. The van der Waals surface area contributed by atoms with Crippen LogP contribution in [-0.2, 0) is 14.4 Å². The number of halogens is 4. The molecule has 20 heteroatoms. The number of aryl methyl sites for hydroxylation is 3. The van der Waals surface area contributed by atoms with Gasteiger partial charge in [0.1, 0.15) is 40.7 Å². The van der Waals surface area contributed by atoms with Crippen LogP contribution in [0, 0.1) is 20.8 Å². The molecular formula is C24H40Cl4N12O4. The molecule has 0 aromatic carbocycles. The first kappa shape index (κ1) is 49.9. The number of Topliss-reactive ketones (excluding diaryl/α,β-unsaturated/α-hetero) is 2. The topological polar surface area (TPSA) is 302 Å². The van der Waals surface area contributed by atoms with Gasteiger partial charge in [-0.15, -0.1) is 0 Å². The molecule has 0 spiro atoms. The number of nitrogens with two attached hydrogens (primary N) is 3. The Bertz CT molecular complexity index is 1360. The Balaban J connectivity index is -0.000000147. The lowest BCUT2D eigenvalue weighted by atomic mass is 10.3. The number of anilines is 3. The SMILES string of the molecule is C.C.CC(=O)C(C)=O.CC=O.Cc1nc(Cl)c(N)c(Cl)n1.Cc1nc(Cl)c2[nH]cnc2n1.Cc1nc(N)c(N)c(Cl)n1.N.O. The molecule has 0 saturated heterocycles. The summed E-state index contributed by atoms with van der Waals surface area (Å²) in [6, 6.07) is 0. The second-order valence-corrected chi connectivity index (χ2v) is 8.57. The molecule has 0 saturated carbocycles. The van der Waals surface area contributed by atoms with Crippen LogP contribution in [0.25, 0.3) is 11.2 Å². The Morgan fingerprint density at radius 3 is 1.45 bits per heavy atom. The number of hydrogen-bond acceptors (Lipinski definition) is 14. The molecule has 0 fully saturated rings. The van der Waals surface area contributed by atoms with Crippen molar-refractivity contribution in [1.82, 2.24) is 46.0 Å². The van der Waals surface area contributed by atoms with Crippen molar-refractivity contribution in [2.75, 3.05) is 17.2 Å². The lowest BCUT2D eigenvalue weighted by molar-refractivity contribution is -0.134. The maximum atomic E-state index is 9.79. The molecule has 0 amide bonds. The normalized spacial score (nSPS) is 8.50. The number of imidazole rings is 1. The fourth-order valence-electron chi connectivity index (χ4n) is 1.98. The minimum atomic E-state index is -0.380. The van der Waals surface area contributed by atoms with Crippen molar-refractivity contribution in [3.8, 4) is 0 Å². The van der Waals surface area contributed by atoms with Crippen LogP contribution in [0.3, 0.4) is 0 Å². The Morgan fingerprint density at radius 1 is 0.727 bits per heavy atom. The first-order valence-electron chi connectivity index (χ1n) is 10.8. The Morgan fingerprint density at radius 2 is 1.07 bits per heavy atom. The van der Waals surface area contributed by atoms with Crippen molar-refractivity contribution in [2.45, 2.75) is 56.4 Å². The van der Waals surface area contributed by atoms with Crippen LogP contribution < -0.4 is 23.4 Å². The number of aldehydes is 1. The first-order valence-corrected chi connectivity index (χ1v) is 12.3. The fraction of sp³-hybridized carbons (Fsp3) is 0.333. The van der Waals surface area contributed by atoms with Gasteiger partial charge >= 0.3 is 0 Å². The average molecular weight is 702 g/mol. The van der Waals surface area contributed by atoms with Gasteiger partial charge in [0.25, 0.3) is 0 Å². The number of ketones is 2. The lowest BCUT2D eigenvalue weighted by Gasteiger charge is -2.00. The van der Waals surface area contributed by atoms with E-state index in [4.69, 9.17) is 68.4 Å². The summed E-state index contributed by atoms with van der Waals surface area (Å²) in [5, 5.41) is 1.05. The summed E-state index contributed by atoms with van der Waals surface area (Å²) >= 11 is 22.5. The third kappa shape index (κ3) is 18.0. The van der Waals surface area contributed by atoms with Crippen molar-refractivity contribution in [3.05, 3.63) is 44.4 Å². The van der Waals surface area contributed by atoms with E-state index < -0.39 is 0 Å². The summed E-state index contributed by atoms with van der Waals surface area (Å²) in [6.45, 7) is 9.11. The minimum Gasteiger partial charge on any atom is -0.412 e. The van der Waals surface area contributed by atoms with Crippen molar-refractivity contribution in [2.24, 2.45) is 0 Å². The van der Waals surface area contributed by atoms with E-state index in [0.29, 0.717) is 33.8 Å². The number of aromatic amines is 1.